The Kier molecular flexibility index (Phi) is 19.5. The monoisotopic (exact) mass is 877 g/mol. The molecule has 1 aliphatic rings. The van der Waals surface area contributed by atoms with Gasteiger partial charge in [-0.05, 0) is 79.8 Å². The standard InChI is InChI=1S/2C18H15P.C5H5.C2H3N.F6P.Ru/c2*1-4-10-16(11-5-1)19(17-12-6-2-7-13-17)18-14-8-3-9-15-18;1-2-4-5-3-1;1-2-3;1-7(2,3,4,5)6;/h2*1-15H;1-5H;1H3;;/q;;;;-1;+2. The van der Waals surface area contributed by atoms with Crippen LogP contribution in [0.2, 0.25) is 0 Å². The molecule has 11 heteroatoms. The fourth-order valence-corrected chi connectivity index (χ4v) is 9.29. The number of nitrogens with zero attached hydrogens (tertiary/aromatic N) is 1. The van der Waals surface area contributed by atoms with Crippen LogP contribution < -0.4 is 31.8 Å². The summed E-state index contributed by atoms with van der Waals surface area (Å²) in [6.07, 6.45) is 10.0. The maximum atomic E-state index is 9.87. The molecule has 1 nitrogen and oxygen atoms in total. The molecule has 0 aliphatic heterocycles. The fraction of sp³-hybridized carbons (Fsp3) is 0.0233. The molecule has 0 heterocycles. The molecule has 7 rings (SSSR count). The van der Waals surface area contributed by atoms with Crippen LogP contribution in [0.5, 0.6) is 0 Å². The van der Waals surface area contributed by atoms with E-state index < -0.39 is 23.7 Å². The van der Waals surface area contributed by atoms with E-state index in [2.05, 4.69) is 182 Å². The summed E-state index contributed by atoms with van der Waals surface area (Å²) < 4.78 is 59.2. The van der Waals surface area contributed by atoms with Crippen molar-refractivity contribution in [2.24, 2.45) is 0 Å². The van der Waals surface area contributed by atoms with Crippen molar-refractivity contribution in [1.82, 2.24) is 0 Å². The average Bonchev–Trinajstić information content (AvgIpc) is 3.75. The van der Waals surface area contributed by atoms with Gasteiger partial charge >= 0.3 is 52.5 Å². The van der Waals surface area contributed by atoms with Crippen LogP contribution in [0, 0.1) is 43.4 Å². The summed E-state index contributed by atoms with van der Waals surface area (Å²) in [5.74, 6) is 0. The molecule has 0 unspecified atom stereocenters. The smallest absolute Gasteiger partial charge is 0.0622 e. The average molecular weight is 877 g/mol. The Hall–Kier alpha value is -3.70. The molecular formula is C43H38F6NP3Ru+. The summed E-state index contributed by atoms with van der Waals surface area (Å²) in [7, 11) is -11.5. The van der Waals surface area contributed by atoms with Crippen LogP contribution in [0.1, 0.15) is 6.92 Å². The minimum absolute atomic E-state index is 0. The number of rotatable bonds is 6. The Morgan fingerprint density at radius 3 is 0.574 bits per heavy atom. The molecule has 1 saturated carbocycles. The van der Waals surface area contributed by atoms with Gasteiger partial charge in [0.05, 0.1) is 6.07 Å². The van der Waals surface area contributed by atoms with Gasteiger partial charge < -0.3 is 0 Å². The van der Waals surface area contributed by atoms with E-state index in [0.717, 1.165) is 0 Å². The third-order valence-electron chi connectivity index (χ3n) is 6.64. The fourth-order valence-electron chi connectivity index (χ4n) is 4.68. The Bertz CT molecular complexity index is 1570. The molecule has 0 atom stereocenters. The van der Waals surface area contributed by atoms with Gasteiger partial charge in [-0.15, -0.1) is 0 Å². The van der Waals surface area contributed by atoms with Crippen LogP contribution >= 0.6 is 23.7 Å². The van der Waals surface area contributed by atoms with Gasteiger partial charge in [-0.25, -0.2) is 0 Å². The van der Waals surface area contributed by atoms with E-state index in [0.29, 0.717) is 0 Å². The van der Waals surface area contributed by atoms with Gasteiger partial charge in [-0.2, -0.15) is 5.26 Å². The number of halogens is 6. The van der Waals surface area contributed by atoms with Crippen LogP contribution in [0.3, 0.4) is 0 Å². The number of hydrogen-bond acceptors (Lipinski definition) is 1. The Labute approximate surface area is 331 Å². The molecule has 0 aromatic heterocycles. The van der Waals surface area contributed by atoms with Gasteiger partial charge in [-0.1, -0.05) is 182 Å². The number of hydrogen-bond donors (Lipinski definition) is 0. The molecule has 0 amide bonds. The van der Waals surface area contributed by atoms with Crippen LogP contribution in [0.4, 0.5) is 25.2 Å². The first-order chi connectivity index (χ1) is 25.3. The van der Waals surface area contributed by atoms with Crippen LogP contribution in [-0.4, -0.2) is 0 Å². The first-order valence-corrected chi connectivity index (χ1v) is 20.9. The summed E-state index contributed by atoms with van der Waals surface area (Å²) in [6, 6.07) is 66.4. The van der Waals surface area contributed by atoms with E-state index in [1.807, 2.05) is 32.1 Å². The van der Waals surface area contributed by atoms with Gasteiger partial charge in [0.15, 0.2) is 0 Å². The zero-order valence-corrected chi connectivity index (χ0v) is 33.5. The quantitative estimate of drug-likeness (QED) is 0.0929. The molecule has 279 valence electrons. The number of nitriles is 1. The van der Waals surface area contributed by atoms with E-state index in [9.17, 15) is 25.2 Å². The summed E-state index contributed by atoms with van der Waals surface area (Å²) in [5.41, 5.74) is 0. The third-order valence-corrected chi connectivity index (χ3v) is 11.5. The maximum absolute atomic E-state index is 10.7. The van der Waals surface area contributed by atoms with Gasteiger partial charge in [0.1, 0.15) is 0 Å². The van der Waals surface area contributed by atoms with Crippen molar-refractivity contribution in [2.45, 2.75) is 6.92 Å². The van der Waals surface area contributed by atoms with E-state index >= 15 is 0 Å². The van der Waals surface area contributed by atoms with E-state index in [4.69, 9.17) is 5.26 Å². The predicted octanol–water partition coefficient (Wildman–Crippen LogP) is 11.8. The normalized spacial score (nSPS) is 12.8. The van der Waals surface area contributed by atoms with Crippen LogP contribution in [0.25, 0.3) is 0 Å². The molecule has 0 saturated heterocycles. The van der Waals surface area contributed by atoms with E-state index in [1.165, 1.54) is 38.8 Å². The van der Waals surface area contributed by atoms with Crippen molar-refractivity contribution in [3.05, 3.63) is 214 Å². The largest absolute Gasteiger partial charge is 2.00 e. The molecular weight excluding hydrogens is 838 g/mol. The molecule has 6 aromatic carbocycles. The summed E-state index contributed by atoms with van der Waals surface area (Å²) in [5, 5.41) is 15.7. The molecule has 0 bridgehead atoms. The second-order valence-electron chi connectivity index (χ2n) is 10.8. The Morgan fingerprint density at radius 1 is 0.352 bits per heavy atom. The zero-order chi connectivity index (χ0) is 38.5. The third kappa shape index (κ3) is 20.1. The minimum atomic E-state index is -10.7. The van der Waals surface area contributed by atoms with Crippen molar-refractivity contribution >= 4 is 55.5 Å². The van der Waals surface area contributed by atoms with E-state index in [1.54, 1.807) is 6.07 Å². The first kappa shape index (κ1) is 46.5. The van der Waals surface area contributed by atoms with Gasteiger partial charge in [-0.3, -0.25) is 0 Å². The Morgan fingerprint density at radius 2 is 0.463 bits per heavy atom. The molecule has 0 spiro atoms. The van der Waals surface area contributed by atoms with Crippen molar-refractivity contribution in [3.63, 3.8) is 0 Å². The molecule has 54 heavy (non-hydrogen) atoms. The molecule has 5 radical (unpaired) electrons. The second-order valence-corrected chi connectivity index (χ2v) is 17.2. The van der Waals surface area contributed by atoms with Crippen LogP contribution in [-0.2, 0) is 19.5 Å². The Balaban J connectivity index is 0.000000269. The van der Waals surface area contributed by atoms with Crippen molar-refractivity contribution < 1.29 is 44.7 Å². The SMILES string of the molecule is CC#N.F[P-](F)(F)(F)(F)F.[CH]1[CH][CH][CH][CH]1.[Ru+2].c1ccc(P(c2ccccc2)c2ccccc2)cc1.c1ccc(P(c2ccccc2)c2ccccc2)cc1. The molecule has 6 aromatic rings. The van der Waals surface area contributed by atoms with Gasteiger partial charge in [0, 0.05) is 6.92 Å². The molecule has 1 aliphatic carbocycles. The summed E-state index contributed by atoms with van der Waals surface area (Å²) in [4.78, 5) is 0. The minimum Gasteiger partial charge on any atom is -0.0622 e. The first-order valence-electron chi connectivity index (χ1n) is 16.2. The van der Waals surface area contributed by atoms with Crippen molar-refractivity contribution in [1.29, 1.82) is 5.26 Å². The van der Waals surface area contributed by atoms with Crippen LogP contribution in [0.15, 0.2) is 182 Å². The maximum Gasteiger partial charge on any atom is 2.00 e. The zero-order valence-electron chi connectivity index (χ0n) is 29.1. The van der Waals surface area contributed by atoms with Gasteiger partial charge in [0.2, 0.25) is 0 Å². The van der Waals surface area contributed by atoms with Gasteiger partial charge in [0.25, 0.3) is 0 Å². The van der Waals surface area contributed by atoms with E-state index in [-0.39, 0.29) is 19.5 Å². The molecule has 0 N–H and O–H groups in total. The number of benzene rings is 6. The summed E-state index contributed by atoms with van der Waals surface area (Å²) in [6.45, 7) is 1.43. The summed E-state index contributed by atoms with van der Waals surface area (Å²) >= 11 is 0. The van der Waals surface area contributed by atoms with Crippen molar-refractivity contribution in [2.75, 3.05) is 0 Å². The topological polar surface area (TPSA) is 23.8 Å². The second kappa shape index (κ2) is 22.6. The predicted molar refractivity (Wildman–Crippen MR) is 217 cm³/mol. The molecule has 1 fully saturated rings. The van der Waals surface area contributed by atoms with Crippen molar-refractivity contribution in [3.8, 4) is 6.07 Å².